The number of anilines is 3. The second kappa shape index (κ2) is 9.70. The second-order valence-corrected chi connectivity index (χ2v) is 7.24. The van der Waals surface area contributed by atoms with Crippen LogP contribution in [0.1, 0.15) is 11.4 Å². The molecule has 0 aliphatic carbocycles. The van der Waals surface area contributed by atoms with Gasteiger partial charge in [-0.05, 0) is 50.2 Å². The van der Waals surface area contributed by atoms with E-state index < -0.39 is 0 Å². The topological polar surface area (TPSA) is 96.0 Å². The summed E-state index contributed by atoms with van der Waals surface area (Å²) in [5, 5.41) is 8.88. The predicted molar refractivity (Wildman–Crippen MR) is 116 cm³/mol. The molecule has 0 bridgehead atoms. The Labute approximate surface area is 173 Å². The van der Waals surface area contributed by atoms with Gasteiger partial charge >= 0.3 is 6.03 Å². The van der Waals surface area contributed by atoms with Crippen molar-refractivity contribution in [1.29, 1.82) is 0 Å². The lowest BCUT2D eigenvalue weighted by Crippen LogP contribution is -2.19. The fourth-order valence-electron chi connectivity index (χ4n) is 2.57. The lowest BCUT2D eigenvalue weighted by molar-refractivity contribution is -0.113. The number of aryl methyl sites for hydroxylation is 2. The largest absolute Gasteiger partial charge is 0.325 e. The van der Waals surface area contributed by atoms with Crippen LogP contribution >= 0.6 is 11.8 Å². The van der Waals surface area contributed by atoms with Gasteiger partial charge in [-0.15, -0.1) is 0 Å². The van der Waals surface area contributed by atoms with Crippen LogP contribution in [0.3, 0.4) is 0 Å². The number of nitrogens with one attached hydrogen (secondary N) is 3. The van der Waals surface area contributed by atoms with Gasteiger partial charge in [-0.25, -0.2) is 14.8 Å². The standard InChI is InChI=1S/C21H21N5O2S/c1-14-11-15(2)23-21(22-14)29-13-19(27)24-17-9-6-10-18(12-17)26-20(28)25-16-7-4-3-5-8-16/h3-12H,13H2,1-2H3,(H,24,27)(H2,25,26,28). The van der Waals surface area contributed by atoms with Crippen molar-refractivity contribution in [3.8, 4) is 0 Å². The van der Waals surface area contributed by atoms with Crippen LogP contribution in [0.15, 0.2) is 65.8 Å². The highest BCUT2D eigenvalue weighted by Gasteiger charge is 2.08. The Bertz CT molecular complexity index is 991. The molecular formula is C21H21N5O2S. The van der Waals surface area contributed by atoms with Crippen LogP contribution in [0.25, 0.3) is 0 Å². The number of carbonyl (C=O) groups is 2. The average molecular weight is 407 g/mol. The molecule has 0 aliphatic heterocycles. The third-order valence-corrected chi connectivity index (χ3v) is 4.58. The van der Waals surface area contributed by atoms with Crippen molar-refractivity contribution in [1.82, 2.24) is 9.97 Å². The number of benzene rings is 2. The molecule has 0 unspecified atom stereocenters. The van der Waals surface area contributed by atoms with E-state index in [0.717, 1.165) is 11.4 Å². The Morgan fingerprint density at radius 3 is 2.07 bits per heavy atom. The fraction of sp³-hybridized carbons (Fsp3) is 0.143. The summed E-state index contributed by atoms with van der Waals surface area (Å²) in [5.41, 5.74) is 3.59. The molecule has 1 heterocycles. The van der Waals surface area contributed by atoms with Gasteiger partial charge in [0, 0.05) is 28.5 Å². The summed E-state index contributed by atoms with van der Waals surface area (Å²) in [6.07, 6.45) is 0. The first-order valence-electron chi connectivity index (χ1n) is 8.96. The third kappa shape index (κ3) is 6.62. The van der Waals surface area contributed by atoms with Gasteiger partial charge < -0.3 is 16.0 Å². The summed E-state index contributed by atoms with van der Waals surface area (Å²) < 4.78 is 0. The summed E-state index contributed by atoms with van der Waals surface area (Å²) in [7, 11) is 0. The van der Waals surface area contributed by atoms with Crippen molar-refractivity contribution in [3.63, 3.8) is 0 Å². The van der Waals surface area contributed by atoms with E-state index in [1.165, 1.54) is 11.8 Å². The van der Waals surface area contributed by atoms with Gasteiger partial charge in [-0.1, -0.05) is 36.0 Å². The predicted octanol–water partition coefficient (Wildman–Crippen LogP) is 4.47. The van der Waals surface area contributed by atoms with E-state index >= 15 is 0 Å². The van der Waals surface area contributed by atoms with Gasteiger partial charge in [0.1, 0.15) is 0 Å². The van der Waals surface area contributed by atoms with Crippen molar-refractivity contribution in [2.75, 3.05) is 21.7 Å². The fourth-order valence-corrected chi connectivity index (χ4v) is 3.32. The summed E-state index contributed by atoms with van der Waals surface area (Å²) in [5.74, 6) is 0.0123. The van der Waals surface area contributed by atoms with E-state index in [1.54, 1.807) is 36.4 Å². The molecule has 2 aromatic carbocycles. The van der Waals surface area contributed by atoms with Gasteiger partial charge in [0.2, 0.25) is 5.91 Å². The number of carbonyl (C=O) groups excluding carboxylic acids is 2. The molecule has 0 fully saturated rings. The number of hydrogen-bond acceptors (Lipinski definition) is 5. The highest BCUT2D eigenvalue weighted by molar-refractivity contribution is 7.99. The lowest BCUT2D eigenvalue weighted by Gasteiger charge is -2.10. The third-order valence-electron chi connectivity index (χ3n) is 3.73. The van der Waals surface area contributed by atoms with Crippen LogP contribution in [-0.4, -0.2) is 27.7 Å². The van der Waals surface area contributed by atoms with Crippen LogP contribution in [0.4, 0.5) is 21.9 Å². The SMILES string of the molecule is Cc1cc(C)nc(SCC(=O)Nc2cccc(NC(=O)Nc3ccccc3)c2)n1. The Kier molecular flexibility index (Phi) is 6.80. The molecule has 0 saturated carbocycles. The minimum absolute atomic E-state index is 0.177. The molecule has 8 heteroatoms. The normalized spacial score (nSPS) is 10.3. The van der Waals surface area contributed by atoms with Gasteiger partial charge in [0.15, 0.2) is 5.16 Å². The first kappa shape index (κ1) is 20.3. The van der Waals surface area contributed by atoms with Gasteiger partial charge in [-0.3, -0.25) is 4.79 Å². The molecule has 3 rings (SSSR count). The lowest BCUT2D eigenvalue weighted by atomic mass is 10.2. The maximum absolute atomic E-state index is 12.2. The number of aromatic nitrogens is 2. The number of para-hydroxylation sites is 1. The summed E-state index contributed by atoms with van der Waals surface area (Å²) >= 11 is 1.28. The van der Waals surface area contributed by atoms with Gasteiger partial charge in [0.05, 0.1) is 5.75 Å². The average Bonchev–Trinajstić information content (AvgIpc) is 2.66. The van der Waals surface area contributed by atoms with Gasteiger partial charge in [0.25, 0.3) is 0 Å². The summed E-state index contributed by atoms with van der Waals surface area (Å²) in [6.45, 7) is 3.79. The minimum Gasteiger partial charge on any atom is -0.325 e. The molecule has 0 aliphatic rings. The van der Waals surface area contributed by atoms with Crippen LogP contribution in [0.2, 0.25) is 0 Å². The first-order valence-corrected chi connectivity index (χ1v) is 9.94. The van der Waals surface area contributed by atoms with Crippen LogP contribution in [0.5, 0.6) is 0 Å². The Hall–Kier alpha value is -3.39. The van der Waals surface area contributed by atoms with Gasteiger partial charge in [-0.2, -0.15) is 0 Å². The molecule has 3 aromatic rings. The van der Waals surface area contributed by atoms with Crippen molar-refractivity contribution >= 4 is 40.8 Å². The zero-order chi connectivity index (χ0) is 20.6. The van der Waals surface area contributed by atoms with Crippen molar-refractivity contribution in [3.05, 3.63) is 72.1 Å². The monoisotopic (exact) mass is 407 g/mol. The molecule has 0 atom stereocenters. The smallest absolute Gasteiger partial charge is 0.323 e. The van der Waals surface area contributed by atoms with Crippen molar-refractivity contribution < 1.29 is 9.59 Å². The van der Waals surface area contributed by atoms with E-state index in [1.807, 2.05) is 38.1 Å². The van der Waals surface area contributed by atoms with E-state index in [4.69, 9.17) is 0 Å². The molecule has 0 spiro atoms. The van der Waals surface area contributed by atoms with E-state index in [9.17, 15) is 9.59 Å². The summed E-state index contributed by atoms with van der Waals surface area (Å²) in [6, 6.07) is 17.6. The number of hydrogen-bond donors (Lipinski definition) is 3. The van der Waals surface area contributed by atoms with Crippen LogP contribution < -0.4 is 16.0 Å². The highest BCUT2D eigenvalue weighted by atomic mass is 32.2. The molecule has 1 aromatic heterocycles. The number of nitrogens with zero attached hydrogens (tertiary/aromatic N) is 2. The molecule has 3 amide bonds. The maximum Gasteiger partial charge on any atom is 0.323 e. The summed E-state index contributed by atoms with van der Waals surface area (Å²) in [4.78, 5) is 33.0. The van der Waals surface area contributed by atoms with E-state index in [2.05, 4.69) is 25.9 Å². The van der Waals surface area contributed by atoms with E-state index in [0.29, 0.717) is 22.2 Å². The zero-order valence-corrected chi connectivity index (χ0v) is 16.9. The number of urea groups is 1. The number of amides is 3. The van der Waals surface area contributed by atoms with Crippen LogP contribution in [-0.2, 0) is 4.79 Å². The Morgan fingerprint density at radius 2 is 1.38 bits per heavy atom. The van der Waals surface area contributed by atoms with Crippen molar-refractivity contribution in [2.45, 2.75) is 19.0 Å². The van der Waals surface area contributed by atoms with E-state index in [-0.39, 0.29) is 17.7 Å². The molecule has 29 heavy (non-hydrogen) atoms. The number of thioether (sulfide) groups is 1. The molecule has 0 radical (unpaired) electrons. The number of rotatable bonds is 6. The van der Waals surface area contributed by atoms with Crippen molar-refractivity contribution in [2.24, 2.45) is 0 Å². The maximum atomic E-state index is 12.2. The highest BCUT2D eigenvalue weighted by Crippen LogP contribution is 2.18. The Balaban J connectivity index is 1.53. The Morgan fingerprint density at radius 1 is 0.793 bits per heavy atom. The molecule has 0 saturated heterocycles. The second-order valence-electron chi connectivity index (χ2n) is 6.30. The quantitative estimate of drug-likeness (QED) is 0.414. The minimum atomic E-state index is -0.359. The first-order chi connectivity index (χ1) is 14.0. The molecule has 3 N–H and O–H groups in total. The molecular weight excluding hydrogens is 386 g/mol. The zero-order valence-electron chi connectivity index (χ0n) is 16.1. The van der Waals surface area contributed by atoms with Crippen LogP contribution in [0, 0.1) is 13.8 Å². The molecule has 7 nitrogen and oxygen atoms in total. The molecule has 148 valence electrons.